The summed E-state index contributed by atoms with van der Waals surface area (Å²) in [7, 11) is 0. The first-order chi connectivity index (χ1) is 25.1. The van der Waals surface area contributed by atoms with Gasteiger partial charge in [0.15, 0.2) is 5.75 Å². The summed E-state index contributed by atoms with van der Waals surface area (Å²) in [6.07, 6.45) is -0.984. The van der Waals surface area contributed by atoms with Gasteiger partial charge >= 0.3 is 12.2 Å². The average Bonchev–Trinajstić information content (AvgIpc) is 3.74. The number of piperidine rings is 1. The van der Waals surface area contributed by atoms with E-state index in [4.69, 9.17) is 19.0 Å². The van der Waals surface area contributed by atoms with Crippen LogP contribution in [0.4, 0.5) is 15.3 Å². The number of hydrogen-bond donors (Lipinski definition) is 2. The molecule has 52 heavy (non-hydrogen) atoms. The van der Waals surface area contributed by atoms with Crippen LogP contribution in [0.25, 0.3) is 33.2 Å². The van der Waals surface area contributed by atoms with E-state index in [2.05, 4.69) is 21.5 Å². The molecule has 266 valence electrons. The van der Waals surface area contributed by atoms with Gasteiger partial charge in [0.25, 0.3) is 0 Å². The Morgan fingerprint density at radius 2 is 1.71 bits per heavy atom. The van der Waals surface area contributed by atoms with Crippen molar-refractivity contribution in [2.45, 2.75) is 52.7 Å². The molecule has 0 radical (unpaired) electrons. The van der Waals surface area contributed by atoms with Crippen molar-refractivity contribution in [2.24, 2.45) is 5.92 Å². The van der Waals surface area contributed by atoms with Gasteiger partial charge in [0.2, 0.25) is 17.6 Å². The highest BCUT2D eigenvalue weighted by Gasteiger charge is 2.29. The highest BCUT2D eigenvalue weighted by atomic mass is 16.7. The molecular weight excluding hydrogens is 664 g/mol. The Bertz CT molecular complexity index is 2270. The predicted molar refractivity (Wildman–Crippen MR) is 193 cm³/mol. The summed E-state index contributed by atoms with van der Waals surface area (Å²) in [5.74, 6) is 1.16. The van der Waals surface area contributed by atoms with Crippen LogP contribution < -0.4 is 10.1 Å². The van der Waals surface area contributed by atoms with E-state index in [1.165, 1.54) is 6.07 Å². The van der Waals surface area contributed by atoms with Gasteiger partial charge in [-0.1, -0.05) is 73.6 Å². The molecule has 2 amide bonds. The van der Waals surface area contributed by atoms with Gasteiger partial charge in [-0.3, -0.25) is 4.79 Å². The Kier molecular flexibility index (Phi) is 9.57. The predicted octanol–water partition coefficient (Wildman–Crippen LogP) is 7.76. The molecule has 13 heteroatoms. The minimum absolute atomic E-state index is 0.0128. The van der Waals surface area contributed by atoms with Crippen molar-refractivity contribution in [1.82, 2.24) is 24.6 Å². The zero-order valence-electron chi connectivity index (χ0n) is 29.0. The molecule has 1 aliphatic heterocycles. The lowest BCUT2D eigenvalue weighted by atomic mass is 9.96. The van der Waals surface area contributed by atoms with E-state index in [9.17, 15) is 19.5 Å². The zero-order valence-corrected chi connectivity index (χ0v) is 29.0. The lowest BCUT2D eigenvalue weighted by molar-refractivity contribution is -0.121. The molecule has 2 N–H and O–H groups in total. The van der Waals surface area contributed by atoms with Crippen molar-refractivity contribution in [2.75, 3.05) is 18.4 Å². The molecule has 1 fully saturated rings. The van der Waals surface area contributed by atoms with Crippen LogP contribution in [-0.2, 0) is 22.7 Å². The van der Waals surface area contributed by atoms with E-state index in [1.54, 1.807) is 17.9 Å². The topological polar surface area (TPSA) is 162 Å². The summed E-state index contributed by atoms with van der Waals surface area (Å²) in [4.78, 5) is 48.8. The minimum Gasteiger partial charge on any atom is -0.449 e. The van der Waals surface area contributed by atoms with E-state index < -0.39 is 12.2 Å². The van der Waals surface area contributed by atoms with Gasteiger partial charge in [-0.15, -0.1) is 0 Å². The first-order valence-corrected chi connectivity index (χ1v) is 17.2. The standard InChI is InChI=1S/C39H38N6O7/c1-23(2)36-42-34-32(45(36)21-26-9-10-27-11-12-29(18-30(27)17-26)35-40-24(3)52-43-35)19-31(20-33(34)51-39(48)49)41-37(46)28-13-15-44(16-14-28)38(47)50-22-25-7-5-4-6-8-25/h4-12,17-20,23,28H,13-16,21-22H2,1-3H3,(H,41,46)(H,48,49). The lowest BCUT2D eigenvalue weighted by Crippen LogP contribution is -2.41. The summed E-state index contributed by atoms with van der Waals surface area (Å²) in [5, 5.41) is 18.7. The van der Waals surface area contributed by atoms with Crippen LogP contribution in [-0.4, -0.2) is 60.9 Å². The van der Waals surface area contributed by atoms with E-state index >= 15 is 0 Å². The highest BCUT2D eigenvalue weighted by Crippen LogP contribution is 2.34. The Morgan fingerprint density at radius 1 is 0.942 bits per heavy atom. The molecule has 6 aromatic rings. The molecular formula is C39H38N6O7. The molecule has 0 atom stereocenters. The van der Waals surface area contributed by atoms with Gasteiger partial charge in [0, 0.05) is 55.7 Å². The van der Waals surface area contributed by atoms with Crippen molar-refractivity contribution in [3.8, 4) is 17.1 Å². The summed E-state index contributed by atoms with van der Waals surface area (Å²) >= 11 is 0. The van der Waals surface area contributed by atoms with Crippen LogP contribution in [0.5, 0.6) is 5.75 Å². The lowest BCUT2D eigenvalue weighted by Gasteiger charge is -2.30. The summed E-state index contributed by atoms with van der Waals surface area (Å²) in [5.41, 5.74) is 4.10. The molecule has 0 saturated carbocycles. The molecule has 0 spiro atoms. The first-order valence-electron chi connectivity index (χ1n) is 17.2. The van der Waals surface area contributed by atoms with Crippen LogP contribution in [0.2, 0.25) is 0 Å². The number of carbonyl (C=O) groups is 3. The molecule has 2 aromatic heterocycles. The largest absolute Gasteiger partial charge is 0.511 e. The maximum atomic E-state index is 13.5. The molecule has 7 rings (SSSR count). The fraction of sp³-hybridized carbons (Fsp3) is 0.282. The van der Waals surface area contributed by atoms with Gasteiger partial charge < -0.3 is 33.9 Å². The summed E-state index contributed by atoms with van der Waals surface area (Å²) < 4.78 is 17.9. The third kappa shape index (κ3) is 7.43. The second-order valence-corrected chi connectivity index (χ2v) is 13.2. The number of carboxylic acid groups (broad SMARTS) is 1. The van der Waals surface area contributed by atoms with E-state index in [0.717, 1.165) is 33.3 Å². The number of nitrogens with one attached hydrogen (secondary N) is 1. The molecule has 1 aliphatic rings. The van der Waals surface area contributed by atoms with Crippen LogP contribution in [0, 0.1) is 12.8 Å². The fourth-order valence-corrected chi connectivity index (χ4v) is 6.57. The minimum atomic E-state index is -1.49. The van der Waals surface area contributed by atoms with Crippen molar-refractivity contribution >= 4 is 45.6 Å². The van der Waals surface area contributed by atoms with Gasteiger partial charge in [-0.05, 0) is 52.9 Å². The van der Waals surface area contributed by atoms with Crippen LogP contribution in [0.1, 0.15) is 55.4 Å². The Labute approximate surface area is 299 Å². The number of rotatable bonds is 9. The SMILES string of the molecule is Cc1nc(-c2ccc3ccc(Cn4c(C(C)C)nc5c(OC(=O)O)cc(NC(=O)C6CCN(C(=O)OCc7ccccc7)CC6)cc54)cc3c2)no1. The van der Waals surface area contributed by atoms with Crippen molar-refractivity contribution in [1.29, 1.82) is 0 Å². The van der Waals surface area contributed by atoms with Crippen LogP contribution in [0.3, 0.4) is 0 Å². The number of anilines is 1. The third-order valence-corrected chi connectivity index (χ3v) is 9.19. The van der Waals surface area contributed by atoms with E-state index in [1.807, 2.05) is 79.1 Å². The number of hydrogen-bond acceptors (Lipinski definition) is 9. The fourth-order valence-electron chi connectivity index (χ4n) is 6.57. The first kappa shape index (κ1) is 34.2. The number of amides is 2. The van der Waals surface area contributed by atoms with E-state index in [-0.39, 0.29) is 30.1 Å². The Balaban J connectivity index is 1.12. The number of nitrogens with zero attached hydrogens (tertiary/aromatic N) is 5. The van der Waals surface area contributed by atoms with E-state index in [0.29, 0.717) is 60.9 Å². The van der Waals surface area contributed by atoms with Crippen molar-refractivity contribution in [3.63, 3.8) is 0 Å². The summed E-state index contributed by atoms with van der Waals surface area (Å²) in [6, 6.07) is 24.9. The molecule has 0 unspecified atom stereocenters. The molecule has 0 bridgehead atoms. The van der Waals surface area contributed by atoms with Gasteiger partial charge in [0.1, 0.15) is 17.9 Å². The number of carbonyl (C=O) groups excluding carboxylic acids is 2. The number of fused-ring (bicyclic) bond motifs is 2. The molecule has 0 aliphatic carbocycles. The molecule has 1 saturated heterocycles. The normalized spacial score (nSPS) is 13.5. The average molecular weight is 703 g/mol. The van der Waals surface area contributed by atoms with Gasteiger partial charge in [0.05, 0.1) is 5.52 Å². The number of benzene rings is 4. The number of likely N-dealkylation sites (tertiary alicyclic amines) is 1. The monoisotopic (exact) mass is 702 g/mol. The summed E-state index contributed by atoms with van der Waals surface area (Å²) in [6.45, 7) is 7.15. The van der Waals surface area contributed by atoms with Crippen LogP contribution in [0.15, 0.2) is 83.4 Å². The maximum absolute atomic E-state index is 13.5. The second kappa shape index (κ2) is 14.5. The zero-order chi connectivity index (χ0) is 36.4. The maximum Gasteiger partial charge on any atom is 0.511 e. The Hall–Kier alpha value is -6.24. The second-order valence-electron chi connectivity index (χ2n) is 13.2. The number of ether oxygens (including phenoxy) is 2. The highest BCUT2D eigenvalue weighted by molar-refractivity contribution is 5.97. The molecule has 13 nitrogen and oxygen atoms in total. The quantitative estimate of drug-likeness (QED) is 0.112. The third-order valence-electron chi connectivity index (χ3n) is 9.19. The molecule has 4 aromatic carbocycles. The van der Waals surface area contributed by atoms with Crippen molar-refractivity contribution < 1.29 is 33.5 Å². The van der Waals surface area contributed by atoms with Gasteiger partial charge in [-0.25, -0.2) is 14.6 Å². The molecule has 3 heterocycles. The number of aryl methyl sites for hydroxylation is 1. The van der Waals surface area contributed by atoms with Crippen LogP contribution >= 0.6 is 0 Å². The number of imidazole rings is 1. The number of aromatic nitrogens is 4. The van der Waals surface area contributed by atoms with Gasteiger partial charge in [-0.2, -0.15) is 4.98 Å². The Morgan fingerprint density at radius 3 is 2.42 bits per heavy atom. The smallest absolute Gasteiger partial charge is 0.449 e. The van der Waals surface area contributed by atoms with Crippen molar-refractivity contribution in [3.05, 3.63) is 102 Å².